The largest absolute Gasteiger partial charge is 0.484 e. The molecule has 170 valence electrons. The van der Waals surface area contributed by atoms with E-state index in [1.165, 1.54) is 6.07 Å². The van der Waals surface area contributed by atoms with Gasteiger partial charge in [0.25, 0.3) is 5.91 Å². The van der Waals surface area contributed by atoms with Crippen molar-refractivity contribution >= 4 is 29.1 Å². The monoisotopic (exact) mass is 482 g/mol. The van der Waals surface area contributed by atoms with Gasteiger partial charge in [-0.05, 0) is 25.0 Å². The van der Waals surface area contributed by atoms with Crippen LogP contribution in [0.3, 0.4) is 0 Å². The molecule has 1 aliphatic rings. The summed E-state index contributed by atoms with van der Waals surface area (Å²) in [6, 6.07) is 4.29. The first-order valence-electron chi connectivity index (χ1n) is 9.33. The number of carbonyl (C=O) groups is 1. The lowest BCUT2D eigenvalue weighted by molar-refractivity contribution is -0.140. The fraction of sp³-hybridized carbons (Fsp3) is 0.500. The molecule has 1 aromatic carbocycles. The van der Waals surface area contributed by atoms with Crippen LogP contribution < -0.4 is 20.1 Å². The first kappa shape index (κ1) is 23.4. The number of amides is 1. The molecule has 8 nitrogen and oxygen atoms in total. The zero-order chi connectivity index (χ0) is 22.4. The normalized spacial score (nSPS) is 19.1. The summed E-state index contributed by atoms with van der Waals surface area (Å²) in [6.45, 7) is -0.336. The molecule has 0 unspecified atom stereocenters. The Kier molecular flexibility index (Phi) is 7.84. The van der Waals surface area contributed by atoms with Gasteiger partial charge >= 0.3 is 12.3 Å². The standard InChI is InChI=1S/C18H19Cl2F3N4O4/c19-12-3-2-11(7-13(12)20)30-9-15(28)25-10-1-4-14(24-8-10)16-26-27-17(31-16)29-6-5-18(21,22)23/h2-3,7,10,14,24H,1,4-6,8-9H2,(H,25,28)/t10-,14+/m0/s1. The Morgan fingerprint density at radius 3 is 2.71 bits per heavy atom. The van der Waals surface area contributed by atoms with Gasteiger partial charge in [-0.3, -0.25) is 4.79 Å². The van der Waals surface area contributed by atoms with Gasteiger partial charge in [0, 0.05) is 18.7 Å². The van der Waals surface area contributed by atoms with Crippen molar-refractivity contribution in [1.82, 2.24) is 20.8 Å². The van der Waals surface area contributed by atoms with Crippen LogP contribution in [0.2, 0.25) is 10.0 Å². The number of hydrogen-bond acceptors (Lipinski definition) is 7. The smallest absolute Gasteiger partial charge is 0.414 e. The first-order valence-corrected chi connectivity index (χ1v) is 10.1. The molecule has 0 aliphatic carbocycles. The first-order chi connectivity index (χ1) is 14.7. The van der Waals surface area contributed by atoms with Gasteiger partial charge in [-0.25, -0.2) is 0 Å². The summed E-state index contributed by atoms with van der Waals surface area (Å²) >= 11 is 11.7. The van der Waals surface area contributed by atoms with Gasteiger partial charge in [0.1, 0.15) is 12.4 Å². The van der Waals surface area contributed by atoms with Gasteiger partial charge in [-0.1, -0.05) is 28.3 Å². The average Bonchev–Trinajstić information content (AvgIpc) is 3.17. The Balaban J connectivity index is 1.38. The second-order valence-corrected chi connectivity index (χ2v) is 7.60. The summed E-state index contributed by atoms with van der Waals surface area (Å²) in [5, 5.41) is 14.1. The summed E-state index contributed by atoms with van der Waals surface area (Å²) in [5.74, 6) is 0.347. The number of rotatable bonds is 8. The molecular formula is C18H19Cl2F3N4O4. The molecule has 3 rings (SSSR count). The maximum absolute atomic E-state index is 12.1. The molecule has 1 aromatic heterocycles. The summed E-state index contributed by atoms with van der Waals surface area (Å²) < 4.78 is 51.9. The summed E-state index contributed by atoms with van der Waals surface area (Å²) in [6.07, 6.45) is -4.54. The van der Waals surface area contributed by atoms with Crippen molar-refractivity contribution in [2.75, 3.05) is 19.8 Å². The van der Waals surface area contributed by atoms with Crippen LogP contribution in [0.5, 0.6) is 11.8 Å². The van der Waals surface area contributed by atoms with Crippen LogP contribution in [0.25, 0.3) is 0 Å². The minimum absolute atomic E-state index is 0.133. The quantitative estimate of drug-likeness (QED) is 0.591. The van der Waals surface area contributed by atoms with Gasteiger partial charge in [0.15, 0.2) is 6.61 Å². The molecule has 0 radical (unpaired) electrons. The van der Waals surface area contributed by atoms with Crippen LogP contribution in [0.1, 0.15) is 31.2 Å². The molecule has 1 saturated heterocycles. The van der Waals surface area contributed by atoms with E-state index < -0.39 is 19.2 Å². The minimum Gasteiger partial charge on any atom is -0.484 e. The molecule has 0 bridgehead atoms. The number of nitrogens with one attached hydrogen (secondary N) is 2. The van der Waals surface area contributed by atoms with E-state index in [1.807, 2.05) is 0 Å². The van der Waals surface area contributed by atoms with Crippen molar-refractivity contribution in [3.63, 3.8) is 0 Å². The molecule has 1 fully saturated rings. The van der Waals surface area contributed by atoms with Crippen LogP contribution in [-0.2, 0) is 4.79 Å². The number of nitrogens with zero attached hydrogens (tertiary/aromatic N) is 2. The Bertz CT molecular complexity index is 889. The molecule has 31 heavy (non-hydrogen) atoms. The van der Waals surface area contributed by atoms with E-state index in [1.54, 1.807) is 12.1 Å². The van der Waals surface area contributed by atoms with E-state index in [-0.39, 0.29) is 36.6 Å². The minimum atomic E-state index is -4.32. The van der Waals surface area contributed by atoms with E-state index in [2.05, 4.69) is 20.8 Å². The molecule has 2 N–H and O–H groups in total. The highest BCUT2D eigenvalue weighted by molar-refractivity contribution is 6.42. The third-order valence-corrected chi connectivity index (χ3v) is 5.11. The van der Waals surface area contributed by atoms with Gasteiger partial charge in [-0.15, -0.1) is 5.10 Å². The fourth-order valence-electron chi connectivity index (χ4n) is 2.85. The highest BCUT2D eigenvalue weighted by Gasteiger charge is 2.29. The summed E-state index contributed by atoms with van der Waals surface area (Å²) in [5.41, 5.74) is 0. The Hall–Kier alpha value is -2.24. The molecular weight excluding hydrogens is 464 g/mol. The van der Waals surface area contributed by atoms with E-state index in [4.69, 9.17) is 37.1 Å². The molecule has 13 heteroatoms. The van der Waals surface area contributed by atoms with Crippen molar-refractivity contribution in [2.45, 2.75) is 37.5 Å². The zero-order valence-electron chi connectivity index (χ0n) is 16.0. The molecule has 2 aromatic rings. The topological polar surface area (TPSA) is 98.5 Å². The molecule has 1 amide bonds. The van der Waals surface area contributed by atoms with Crippen molar-refractivity contribution < 1.29 is 31.9 Å². The molecule has 1 aliphatic heterocycles. The molecule has 2 atom stereocenters. The lowest BCUT2D eigenvalue weighted by Crippen LogP contribution is -2.48. The molecule has 2 heterocycles. The number of ether oxygens (including phenoxy) is 2. The zero-order valence-corrected chi connectivity index (χ0v) is 17.6. The third kappa shape index (κ3) is 7.44. The maximum Gasteiger partial charge on any atom is 0.414 e. The van der Waals surface area contributed by atoms with Crippen LogP contribution in [0.15, 0.2) is 22.6 Å². The number of benzene rings is 1. The van der Waals surface area contributed by atoms with Gasteiger partial charge in [0.05, 0.1) is 22.5 Å². The number of halogens is 5. The van der Waals surface area contributed by atoms with Crippen LogP contribution in [0, 0.1) is 0 Å². The number of carbonyl (C=O) groups excluding carboxylic acids is 1. The molecule has 0 saturated carbocycles. The van der Waals surface area contributed by atoms with Crippen molar-refractivity contribution in [3.8, 4) is 11.8 Å². The van der Waals surface area contributed by atoms with E-state index in [0.29, 0.717) is 35.2 Å². The second kappa shape index (κ2) is 10.4. The SMILES string of the molecule is O=C(COc1ccc(Cl)c(Cl)c1)N[C@H]1CC[C@H](c2nnc(OCCC(F)(F)F)o2)NC1. The van der Waals surface area contributed by atoms with Crippen molar-refractivity contribution in [2.24, 2.45) is 0 Å². The Labute approximate surface area is 185 Å². The number of alkyl halides is 3. The van der Waals surface area contributed by atoms with E-state index in [9.17, 15) is 18.0 Å². The highest BCUT2D eigenvalue weighted by atomic mass is 35.5. The fourth-order valence-corrected chi connectivity index (χ4v) is 3.14. The number of hydrogen-bond donors (Lipinski definition) is 2. The van der Waals surface area contributed by atoms with Crippen LogP contribution >= 0.6 is 23.2 Å². The lowest BCUT2D eigenvalue weighted by Gasteiger charge is -2.28. The lowest BCUT2D eigenvalue weighted by atomic mass is 10.0. The average molecular weight is 483 g/mol. The number of aromatic nitrogens is 2. The van der Waals surface area contributed by atoms with Gasteiger partial charge < -0.3 is 24.5 Å². The van der Waals surface area contributed by atoms with E-state index >= 15 is 0 Å². The summed E-state index contributed by atoms with van der Waals surface area (Å²) in [4.78, 5) is 12.1. The van der Waals surface area contributed by atoms with Gasteiger partial charge in [0.2, 0.25) is 5.89 Å². The number of piperidine rings is 1. The van der Waals surface area contributed by atoms with Crippen molar-refractivity contribution in [1.29, 1.82) is 0 Å². The van der Waals surface area contributed by atoms with Crippen LogP contribution in [-0.4, -0.2) is 48.1 Å². The van der Waals surface area contributed by atoms with Crippen molar-refractivity contribution in [3.05, 3.63) is 34.1 Å². The molecule has 0 spiro atoms. The maximum atomic E-state index is 12.1. The highest BCUT2D eigenvalue weighted by Crippen LogP contribution is 2.27. The van der Waals surface area contributed by atoms with Crippen LogP contribution in [0.4, 0.5) is 13.2 Å². The summed E-state index contributed by atoms with van der Waals surface area (Å²) in [7, 11) is 0. The second-order valence-electron chi connectivity index (χ2n) is 6.79. The predicted octanol–water partition coefficient (Wildman–Crippen LogP) is 3.70. The Morgan fingerprint density at radius 2 is 2.03 bits per heavy atom. The third-order valence-electron chi connectivity index (χ3n) is 4.37. The predicted molar refractivity (Wildman–Crippen MR) is 104 cm³/mol. The van der Waals surface area contributed by atoms with Gasteiger partial charge in [-0.2, -0.15) is 13.2 Å². The van der Waals surface area contributed by atoms with E-state index in [0.717, 1.165) is 0 Å². The Morgan fingerprint density at radius 1 is 1.23 bits per heavy atom.